The van der Waals surface area contributed by atoms with Gasteiger partial charge in [0.05, 0.1) is 5.02 Å². The largest absolute Gasteiger partial charge is 0.294 e. The predicted molar refractivity (Wildman–Crippen MR) is 50.9 cm³/mol. The Kier molecular flexibility index (Phi) is 2.71. The van der Waals surface area contributed by atoms with Crippen LogP contribution in [0.15, 0.2) is 6.07 Å². The lowest BCUT2D eigenvalue weighted by molar-refractivity contribution is 0.101. The molecule has 0 bridgehead atoms. The van der Waals surface area contributed by atoms with Crippen LogP contribution in [0.1, 0.15) is 28.4 Å². The first-order chi connectivity index (χ1) is 5.95. The van der Waals surface area contributed by atoms with E-state index in [1.165, 1.54) is 13.0 Å². The fourth-order valence-corrected chi connectivity index (χ4v) is 1.41. The molecule has 1 rings (SSSR count). The summed E-state index contributed by atoms with van der Waals surface area (Å²) in [7, 11) is 0. The molecule has 0 unspecified atom stereocenters. The first-order valence-electron chi connectivity index (χ1n) is 3.91. The van der Waals surface area contributed by atoms with Gasteiger partial charge in [-0.05, 0) is 32.4 Å². The monoisotopic (exact) mass is 200 g/mol. The van der Waals surface area contributed by atoms with E-state index in [0.29, 0.717) is 21.7 Å². The highest BCUT2D eigenvalue weighted by molar-refractivity contribution is 6.32. The van der Waals surface area contributed by atoms with E-state index < -0.39 is 5.82 Å². The van der Waals surface area contributed by atoms with Crippen LogP contribution in [0.2, 0.25) is 5.02 Å². The van der Waals surface area contributed by atoms with Crippen molar-refractivity contribution in [3.8, 4) is 0 Å². The molecule has 3 heteroatoms. The van der Waals surface area contributed by atoms with Gasteiger partial charge in [0.25, 0.3) is 0 Å². The van der Waals surface area contributed by atoms with Crippen molar-refractivity contribution >= 4 is 17.4 Å². The molecule has 0 amide bonds. The molecule has 0 aliphatic carbocycles. The van der Waals surface area contributed by atoms with Gasteiger partial charge in [-0.1, -0.05) is 11.6 Å². The summed E-state index contributed by atoms with van der Waals surface area (Å²) in [6.07, 6.45) is 0. The van der Waals surface area contributed by atoms with Crippen LogP contribution in [0, 0.1) is 19.7 Å². The van der Waals surface area contributed by atoms with Crippen molar-refractivity contribution in [1.29, 1.82) is 0 Å². The van der Waals surface area contributed by atoms with Gasteiger partial charge >= 0.3 is 0 Å². The zero-order valence-electron chi connectivity index (χ0n) is 7.74. The van der Waals surface area contributed by atoms with Crippen molar-refractivity contribution in [3.63, 3.8) is 0 Å². The predicted octanol–water partition coefficient (Wildman–Crippen LogP) is 3.30. The van der Waals surface area contributed by atoms with Crippen molar-refractivity contribution < 1.29 is 9.18 Å². The van der Waals surface area contributed by atoms with Crippen LogP contribution in [0.25, 0.3) is 0 Å². The quantitative estimate of drug-likeness (QED) is 0.636. The average Bonchev–Trinajstić information content (AvgIpc) is 2.07. The number of hydrogen-bond acceptors (Lipinski definition) is 1. The molecule has 1 aromatic carbocycles. The Balaban J connectivity index is 3.50. The van der Waals surface area contributed by atoms with Gasteiger partial charge in [0.2, 0.25) is 0 Å². The normalized spacial score (nSPS) is 10.2. The molecule has 0 aromatic heterocycles. The summed E-state index contributed by atoms with van der Waals surface area (Å²) in [6.45, 7) is 4.70. The zero-order chi connectivity index (χ0) is 10.2. The van der Waals surface area contributed by atoms with Gasteiger partial charge in [-0.3, -0.25) is 4.79 Å². The Morgan fingerprint density at radius 2 is 1.92 bits per heavy atom. The van der Waals surface area contributed by atoms with E-state index in [2.05, 4.69) is 0 Å². The SMILES string of the molecule is CC(=O)c1cc(F)c(C)c(Cl)c1C. The molecule has 1 nitrogen and oxygen atoms in total. The topological polar surface area (TPSA) is 17.1 Å². The van der Waals surface area contributed by atoms with Crippen LogP contribution >= 0.6 is 11.6 Å². The first kappa shape index (κ1) is 10.2. The second-order valence-corrected chi connectivity index (χ2v) is 3.40. The number of rotatable bonds is 1. The lowest BCUT2D eigenvalue weighted by atomic mass is 10.0. The number of ketones is 1. The third-order valence-corrected chi connectivity index (χ3v) is 2.64. The van der Waals surface area contributed by atoms with Crippen LogP contribution < -0.4 is 0 Å². The molecule has 0 radical (unpaired) electrons. The molecule has 0 N–H and O–H groups in total. The lowest BCUT2D eigenvalue weighted by Crippen LogP contribution is -2.00. The van der Waals surface area contributed by atoms with Crippen molar-refractivity contribution in [2.45, 2.75) is 20.8 Å². The van der Waals surface area contributed by atoms with Crippen LogP contribution in [0.4, 0.5) is 4.39 Å². The van der Waals surface area contributed by atoms with E-state index in [4.69, 9.17) is 11.6 Å². The highest BCUT2D eigenvalue weighted by atomic mass is 35.5. The summed E-state index contributed by atoms with van der Waals surface area (Å²) in [5.74, 6) is -0.598. The number of carbonyl (C=O) groups is 1. The second-order valence-electron chi connectivity index (χ2n) is 3.03. The smallest absolute Gasteiger partial charge is 0.160 e. The van der Waals surface area contributed by atoms with Crippen LogP contribution in [-0.4, -0.2) is 5.78 Å². The van der Waals surface area contributed by atoms with Gasteiger partial charge in [-0.15, -0.1) is 0 Å². The molecule has 0 saturated carbocycles. The van der Waals surface area contributed by atoms with Gasteiger partial charge in [0, 0.05) is 11.1 Å². The summed E-state index contributed by atoms with van der Waals surface area (Å²) in [4.78, 5) is 11.1. The Hall–Kier alpha value is -0.890. The summed E-state index contributed by atoms with van der Waals surface area (Å²) < 4.78 is 13.1. The van der Waals surface area contributed by atoms with E-state index in [0.717, 1.165) is 0 Å². The van der Waals surface area contributed by atoms with Crippen molar-refractivity contribution in [3.05, 3.63) is 33.6 Å². The highest BCUT2D eigenvalue weighted by Crippen LogP contribution is 2.26. The Morgan fingerprint density at radius 3 is 2.38 bits per heavy atom. The van der Waals surface area contributed by atoms with E-state index in [9.17, 15) is 9.18 Å². The van der Waals surface area contributed by atoms with Gasteiger partial charge in [0.15, 0.2) is 5.78 Å². The molecule has 70 valence electrons. The highest BCUT2D eigenvalue weighted by Gasteiger charge is 2.13. The number of carbonyl (C=O) groups excluding carboxylic acids is 1. The average molecular weight is 201 g/mol. The third kappa shape index (κ3) is 1.73. The molecular weight excluding hydrogens is 191 g/mol. The van der Waals surface area contributed by atoms with Crippen LogP contribution in [-0.2, 0) is 0 Å². The molecular formula is C10H10ClFO. The lowest BCUT2D eigenvalue weighted by Gasteiger charge is -2.07. The van der Waals surface area contributed by atoms with E-state index in [-0.39, 0.29) is 5.78 Å². The standard InChI is InChI=1S/C10H10ClFO/c1-5-8(7(3)13)4-9(12)6(2)10(5)11/h4H,1-3H3. The minimum absolute atomic E-state index is 0.168. The molecule has 0 aliphatic rings. The number of Topliss-reactive ketones (excluding diaryl/α,β-unsaturated/α-hetero) is 1. The molecule has 0 saturated heterocycles. The Morgan fingerprint density at radius 1 is 1.38 bits per heavy atom. The minimum atomic E-state index is -0.430. The van der Waals surface area contributed by atoms with Crippen LogP contribution in [0.3, 0.4) is 0 Å². The van der Waals surface area contributed by atoms with Gasteiger partial charge in [-0.25, -0.2) is 4.39 Å². The van der Waals surface area contributed by atoms with E-state index >= 15 is 0 Å². The van der Waals surface area contributed by atoms with E-state index in [1.807, 2.05) is 0 Å². The van der Waals surface area contributed by atoms with Gasteiger partial charge < -0.3 is 0 Å². The number of hydrogen-bond donors (Lipinski definition) is 0. The summed E-state index contributed by atoms with van der Waals surface area (Å²) in [5.41, 5.74) is 1.39. The van der Waals surface area contributed by atoms with Gasteiger partial charge in [-0.2, -0.15) is 0 Å². The molecule has 1 aromatic rings. The van der Waals surface area contributed by atoms with E-state index in [1.54, 1.807) is 13.8 Å². The second kappa shape index (κ2) is 3.46. The number of benzene rings is 1. The maximum absolute atomic E-state index is 13.1. The Bertz CT molecular complexity index is 372. The van der Waals surface area contributed by atoms with Crippen molar-refractivity contribution in [1.82, 2.24) is 0 Å². The molecule has 0 spiro atoms. The molecule has 0 fully saturated rings. The molecule has 0 atom stereocenters. The minimum Gasteiger partial charge on any atom is -0.294 e. The van der Waals surface area contributed by atoms with Crippen LogP contribution in [0.5, 0.6) is 0 Å². The Labute approximate surface area is 81.5 Å². The first-order valence-corrected chi connectivity index (χ1v) is 4.29. The zero-order valence-corrected chi connectivity index (χ0v) is 8.50. The molecule has 0 heterocycles. The van der Waals surface area contributed by atoms with Gasteiger partial charge in [0.1, 0.15) is 5.82 Å². The van der Waals surface area contributed by atoms with Crippen molar-refractivity contribution in [2.75, 3.05) is 0 Å². The summed E-state index contributed by atoms with van der Waals surface area (Å²) in [5, 5.41) is 0.338. The maximum atomic E-state index is 13.1. The van der Waals surface area contributed by atoms with Crippen molar-refractivity contribution in [2.24, 2.45) is 0 Å². The molecule has 0 aliphatic heterocycles. The third-order valence-electron chi connectivity index (χ3n) is 2.07. The fraction of sp³-hybridized carbons (Fsp3) is 0.300. The number of halogens is 2. The maximum Gasteiger partial charge on any atom is 0.160 e. The fourth-order valence-electron chi connectivity index (χ4n) is 1.21. The summed E-state index contributed by atoms with van der Waals surface area (Å²) in [6, 6.07) is 1.23. The molecule has 13 heavy (non-hydrogen) atoms. The summed E-state index contributed by atoms with van der Waals surface area (Å²) >= 11 is 5.84.